The number of rotatable bonds is 4. The molecule has 0 bridgehead atoms. The summed E-state index contributed by atoms with van der Waals surface area (Å²) in [6, 6.07) is 4.52. The van der Waals surface area contributed by atoms with Crippen molar-refractivity contribution in [2.75, 3.05) is 0 Å². The standard InChI is InChI=1S/C15H19FN4O/c1-4-13-9(2)18-20(10(13)3)8-12-6-5-11(7-14(12)16)15(17)19-21/h5-7,21H,4,8H2,1-3H3,(H2,17,19). The third-order valence-electron chi connectivity index (χ3n) is 3.66. The smallest absolute Gasteiger partial charge is 0.170 e. The van der Waals surface area contributed by atoms with E-state index in [-0.39, 0.29) is 5.84 Å². The maximum absolute atomic E-state index is 14.1. The van der Waals surface area contributed by atoms with Gasteiger partial charge < -0.3 is 10.9 Å². The molecule has 5 nitrogen and oxygen atoms in total. The molecule has 0 atom stereocenters. The maximum Gasteiger partial charge on any atom is 0.170 e. The monoisotopic (exact) mass is 290 g/mol. The fraction of sp³-hybridized carbons (Fsp3) is 0.333. The average Bonchev–Trinajstić information content (AvgIpc) is 2.74. The van der Waals surface area contributed by atoms with Crippen LogP contribution in [0.1, 0.15) is 35.0 Å². The minimum atomic E-state index is -0.398. The molecule has 0 aliphatic heterocycles. The molecule has 0 aliphatic rings. The number of hydrogen-bond donors (Lipinski definition) is 2. The van der Waals surface area contributed by atoms with E-state index < -0.39 is 5.82 Å². The predicted octanol–water partition coefficient (Wildman–Crippen LogP) is 2.34. The number of hydrogen-bond acceptors (Lipinski definition) is 3. The van der Waals surface area contributed by atoms with Crippen molar-refractivity contribution in [3.05, 3.63) is 52.1 Å². The van der Waals surface area contributed by atoms with Gasteiger partial charge in [-0.3, -0.25) is 4.68 Å². The first kappa shape index (κ1) is 15.0. The van der Waals surface area contributed by atoms with Crippen molar-refractivity contribution >= 4 is 5.84 Å². The van der Waals surface area contributed by atoms with Crippen molar-refractivity contribution in [1.82, 2.24) is 9.78 Å². The van der Waals surface area contributed by atoms with E-state index in [0.717, 1.165) is 17.8 Å². The molecule has 6 heteroatoms. The quantitative estimate of drug-likeness (QED) is 0.393. The van der Waals surface area contributed by atoms with E-state index in [9.17, 15) is 4.39 Å². The van der Waals surface area contributed by atoms with Crippen LogP contribution in [0.25, 0.3) is 0 Å². The topological polar surface area (TPSA) is 76.4 Å². The first-order valence-electron chi connectivity index (χ1n) is 6.77. The van der Waals surface area contributed by atoms with Gasteiger partial charge in [0, 0.05) is 16.8 Å². The number of aromatic nitrogens is 2. The zero-order valence-corrected chi connectivity index (χ0v) is 12.4. The zero-order valence-electron chi connectivity index (χ0n) is 12.4. The Bertz CT molecular complexity index is 691. The van der Waals surface area contributed by atoms with Crippen molar-refractivity contribution in [2.24, 2.45) is 10.9 Å². The van der Waals surface area contributed by atoms with E-state index >= 15 is 0 Å². The number of aryl methyl sites for hydroxylation is 1. The highest BCUT2D eigenvalue weighted by molar-refractivity contribution is 5.97. The summed E-state index contributed by atoms with van der Waals surface area (Å²) in [4.78, 5) is 0. The third-order valence-corrected chi connectivity index (χ3v) is 3.66. The molecule has 3 N–H and O–H groups in total. The van der Waals surface area contributed by atoms with Crippen LogP contribution >= 0.6 is 0 Å². The molecule has 0 unspecified atom stereocenters. The van der Waals surface area contributed by atoms with Crippen LogP contribution in [-0.4, -0.2) is 20.8 Å². The van der Waals surface area contributed by atoms with Gasteiger partial charge in [-0.25, -0.2) is 4.39 Å². The summed E-state index contributed by atoms with van der Waals surface area (Å²) in [7, 11) is 0. The van der Waals surface area contributed by atoms with Crippen molar-refractivity contribution in [1.29, 1.82) is 0 Å². The molecule has 1 aromatic heterocycles. The van der Waals surface area contributed by atoms with Crippen LogP contribution in [0, 0.1) is 19.7 Å². The Balaban J connectivity index is 2.32. The molecule has 0 amide bonds. The van der Waals surface area contributed by atoms with Crippen molar-refractivity contribution in [3.8, 4) is 0 Å². The Morgan fingerprint density at radius 1 is 1.43 bits per heavy atom. The van der Waals surface area contributed by atoms with Gasteiger partial charge in [0.25, 0.3) is 0 Å². The van der Waals surface area contributed by atoms with Gasteiger partial charge in [-0.2, -0.15) is 5.10 Å². The number of oxime groups is 1. The van der Waals surface area contributed by atoms with Crippen molar-refractivity contribution in [3.63, 3.8) is 0 Å². The largest absolute Gasteiger partial charge is 0.409 e. The van der Waals surface area contributed by atoms with Crippen LogP contribution in [0.15, 0.2) is 23.4 Å². The molecule has 1 heterocycles. The van der Waals surface area contributed by atoms with Crippen LogP contribution in [0.2, 0.25) is 0 Å². The molecule has 0 fully saturated rings. The number of nitrogens with zero attached hydrogens (tertiary/aromatic N) is 3. The van der Waals surface area contributed by atoms with Gasteiger partial charge in [0.1, 0.15) is 5.82 Å². The van der Waals surface area contributed by atoms with E-state index in [1.165, 1.54) is 11.6 Å². The molecule has 0 aliphatic carbocycles. The number of amidine groups is 1. The highest BCUT2D eigenvalue weighted by atomic mass is 19.1. The molecule has 2 aromatic rings. The Labute approximate surface area is 122 Å². The van der Waals surface area contributed by atoms with E-state index in [1.54, 1.807) is 16.8 Å². The highest BCUT2D eigenvalue weighted by Gasteiger charge is 2.12. The minimum absolute atomic E-state index is 0.111. The third kappa shape index (κ3) is 2.89. The van der Waals surface area contributed by atoms with Crippen LogP contribution in [0.5, 0.6) is 0 Å². The lowest BCUT2D eigenvalue weighted by Gasteiger charge is -2.08. The molecule has 0 radical (unpaired) electrons. The van der Waals surface area contributed by atoms with Gasteiger partial charge in [-0.1, -0.05) is 24.2 Å². The second-order valence-electron chi connectivity index (χ2n) is 4.95. The normalized spacial score (nSPS) is 11.9. The van der Waals surface area contributed by atoms with E-state index in [4.69, 9.17) is 10.9 Å². The summed E-state index contributed by atoms with van der Waals surface area (Å²) in [5, 5.41) is 15.9. The lowest BCUT2D eigenvalue weighted by atomic mass is 10.1. The summed E-state index contributed by atoms with van der Waals surface area (Å²) in [5.74, 6) is -0.510. The Morgan fingerprint density at radius 2 is 2.14 bits per heavy atom. The molecule has 0 saturated heterocycles. The molecular weight excluding hydrogens is 271 g/mol. The van der Waals surface area contributed by atoms with Crippen LogP contribution in [0.4, 0.5) is 4.39 Å². The number of nitrogens with two attached hydrogens (primary N) is 1. The molecular formula is C15H19FN4O. The first-order chi connectivity index (χ1) is 9.97. The number of benzene rings is 1. The fourth-order valence-corrected chi connectivity index (χ4v) is 2.45. The summed E-state index contributed by atoms with van der Waals surface area (Å²) in [5.41, 5.74) is 9.53. The fourth-order valence-electron chi connectivity index (χ4n) is 2.45. The Morgan fingerprint density at radius 3 is 2.67 bits per heavy atom. The zero-order chi connectivity index (χ0) is 15.6. The van der Waals surface area contributed by atoms with Gasteiger partial charge in [0.2, 0.25) is 0 Å². The van der Waals surface area contributed by atoms with Crippen LogP contribution < -0.4 is 5.73 Å². The molecule has 0 spiro atoms. The summed E-state index contributed by atoms with van der Waals surface area (Å²) < 4.78 is 15.9. The van der Waals surface area contributed by atoms with Crippen LogP contribution in [-0.2, 0) is 13.0 Å². The number of halogens is 1. The van der Waals surface area contributed by atoms with Gasteiger partial charge in [0.05, 0.1) is 12.2 Å². The van der Waals surface area contributed by atoms with Gasteiger partial charge >= 0.3 is 0 Å². The minimum Gasteiger partial charge on any atom is -0.409 e. The Hall–Kier alpha value is -2.37. The maximum atomic E-state index is 14.1. The van der Waals surface area contributed by atoms with Crippen LogP contribution in [0.3, 0.4) is 0 Å². The lowest BCUT2D eigenvalue weighted by molar-refractivity contribution is 0.318. The summed E-state index contributed by atoms with van der Waals surface area (Å²) in [6.07, 6.45) is 0.905. The first-order valence-corrected chi connectivity index (χ1v) is 6.77. The molecule has 0 saturated carbocycles. The second-order valence-corrected chi connectivity index (χ2v) is 4.95. The second kappa shape index (κ2) is 5.95. The van der Waals surface area contributed by atoms with E-state index in [0.29, 0.717) is 17.7 Å². The van der Waals surface area contributed by atoms with Crippen molar-refractivity contribution < 1.29 is 9.60 Å². The molecule has 21 heavy (non-hydrogen) atoms. The van der Waals surface area contributed by atoms with Gasteiger partial charge in [-0.05, 0) is 31.9 Å². The highest BCUT2D eigenvalue weighted by Crippen LogP contribution is 2.17. The van der Waals surface area contributed by atoms with E-state index in [1.807, 2.05) is 13.8 Å². The average molecular weight is 290 g/mol. The predicted molar refractivity (Wildman–Crippen MR) is 79.1 cm³/mol. The van der Waals surface area contributed by atoms with Gasteiger partial charge in [0.15, 0.2) is 5.84 Å². The summed E-state index contributed by atoms with van der Waals surface area (Å²) >= 11 is 0. The summed E-state index contributed by atoms with van der Waals surface area (Å²) in [6.45, 7) is 6.38. The SMILES string of the molecule is CCc1c(C)nn(Cc2ccc(C(N)=NO)cc2F)c1C. The van der Waals surface area contributed by atoms with Crippen molar-refractivity contribution in [2.45, 2.75) is 33.7 Å². The lowest BCUT2D eigenvalue weighted by Crippen LogP contribution is -2.14. The Kier molecular flexibility index (Phi) is 4.26. The molecule has 112 valence electrons. The molecule has 2 rings (SSSR count). The van der Waals surface area contributed by atoms with E-state index in [2.05, 4.69) is 17.2 Å². The van der Waals surface area contributed by atoms with Gasteiger partial charge in [-0.15, -0.1) is 0 Å². The molecule has 1 aromatic carbocycles.